The first-order valence-electron chi connectivity index (χ1n) is 9.88. The number of aromatic nitrogens is 1. The molecule has 1 aliphatic rings. The molecule has 0 aliphatic carbocycles. The summed E-state index contributed by atoms with van der Waals surface area (Å²) in [5.74, 6) is -0.529. The number of carbonyl (C=O) groups is 2. The molecule has 0 saturated carbocycles. The van der Waals surface area contributed by atoms with Gasteiger partial charge in [0.15, 0.2) is 0 Å². The lowest BCUT2D eigenvalue weighted by Crippen LogP contribution is -2.55. The molecule has 2 heterocycles. The van der Waals surface area contributed by atoms with Gasteiger partial charge in [-0.05, 0) is 25.1 Å². The Bertz CT molecular complexity index is 946. The van der Waals surface area contributed by atoms with Crippen LogP contribution in [0.25, 0.3) is 0 Å². The number of amides is 2. The molecule has 30 heavy (non-hydrogen) atoms. The highest BCUT2D eigenvalue weighted by molar-refractivity contribution is 6.88. The number of piperazine rings is 1. The number of aromatic carboxylic acids is 1. The summed E-state index contributed by atoms with van der Waals surface area (Å²) < 4.78 is 0. The van der Waals surface area contributed by atoms with Gasteiger partial charge in [0.05, 0.1) is 18.7 Å². The molecule has 0 radical (unpaired) electrons. The first-order chi connectivity index (χ1) is 14.1. The number of anilines is 2. The van der Waals surface area contributed by atoms with Crippen molar-refractivity contribution in [2.45, 2.75) is 32.6 Å². The molecule has 0 spiro atoms. The third-order valence-corrected chi connectivity index (χ3v) is 7.60. The van der Waals surface area contributed by atoms with Gasteiger partial charge in [-0.15, -0.1) is 0 Å². The lowest BCUT2D eigenvalue weighted by Gasteiger charge is -2.40. The highest BCUT2D eigenvalue weighted by atomic mass is 35.5. The van der Waals surface area contributed by atoms with E-state index in [0.29, 0.717) is 30.5 Å². The number of hydrogen-bond donors (Lipinski definition) is 2. The maximum absolute atomic E-state index is 12.8. The number of nitrogens with one attached hydrogen (secondary N) is 1. The van der Waals surface area contributed by atoms with E-state index in [-0.39, 0.29) is 17.6 Å². The predicted molar refractivity (Wildman–Crippen MR) is 123 cm³/mol. The zero-order valence-electron chi connectivity index (χ0n) is 17.6. The summed E-state index contributed by atoms with van der Waals surface area (Å²) in [7, 11) is -1.37. The van der Waals surface area contributed by atoms with Gasteiger partial charge in [0.25, 0.3) is 0 Å². The van der Waals surface area contributed by atoms with E-state index in [0.717, 1.165) is 5.69 Å². The van der Waals surface area contributed by atoms with Crippen molar-refractivity contribution in [3.05, 3.63) is 47.1 Å². The average Bonchev–Trinajstić information content (AvgIpc) is 2.67. The molecule has 0 unspecified atom stereocenters. The minimum absolute atomic E-state index is 0.0509. The summed E-state index contributed by atoms with van der Waals surface area (Å²) in [4.78, 5) is 31.8. The lowest BCUT2D eigenvalue weighted by atomic mass is 10.2. The molecule has 2 N–H and O–H groups in total. The summed E-state index contributed by atoms with van der Waals surface area (Å²) in [5.41, 5.74) is 0.834. The first-order valence-corrected chi connectivity index (χ1v) is 13.8. The van der Waals surface area contributed by atoms with Gasteiger partial charge in [-0.2, -0.15) is 0 Å². The van der Waals surface area contributed by atoms with E-state index in [2.05, 4.69) is 42.1 Å². The van der Waals surface area contributed by atoms with Gasteiger partial charge in [0.1, 0.15) is 5.82 Å². The maximum Gasteiger partial charge on any atom is 0.337 e. The number of carbonyl (C=O) groups excluding carboxylic acids is 1. The third kappa shape index (κ3) is 4.93. The van der Waals surface area contributed by atoms with Crippen molar-refractivity contribution in [2.24, 2.45) is 0 Å². The van der Waals surface area contributed by atoms with E-state index in [1.165, 1.54) is 17.4 Å². The number of rotatable bonds is 4. The molecule has 0 bridgehead atoms. The fourth-order valence-corrected chi connectivity index (χ4v) is 4.93. The number of carboxylic acid groups (broad SMARTS) is 1. The number of urea groups is 1. The van der Waals surface area contributed by atoms with Crippen molar-refractivity contribution in [3.63, 3.8) is 0 Å². The molecule has 3 rings (SSSR count). The summed E-state index contributed by atoms with van der Waals surface area (Å²) >= 11 is 6.25. The number of halogens is 1. The van der Waals surface area contributed by atoms with Crippen molar-refractivity contribution >= 4 is 48.4 Å². The molecule has 9 heteroatoms. The van der Waals surface area contributed by atoms with Gasteiger partial charge in [-0.25, -0.2) is 14.6 Å². The molecular formula is C21H27ClN4O3Si. The Hall–Kier alpha value is -2.58. The van der Waals surface area contributed by atoms with Crippen LogP contribution < -0.4 is 15.4 Å². The number of carboxylic acids is 1. The highest BCUT2D eigenvalue weighted by Crippen LogP contribution is 2.26. The maximum atomic E-state index is 12.8. The third-order valence-electron chi connectivity index (χ3n) is 5.26. The van der Waals surface area contributed by atoms with Crippen molar-refractivity contribution in [3.8, 4) is 0 Å². The summed E-state index contributed by atoms with van der Waals surface area (Å²) in [5, 5.41) is 13.7. The van der Waals surface area contributed by atoms with Crippen LogP contribution in [0.4, 0.5) is 16.3 Å². The van der Waals surface area contributed by atoms with E-state index in [1.807, 2.05) is 24.0 Å². The van der Waals surface area contributed by atoms with Crippen LogP contribution >= 0.6 is 11.6 Å². The van der Waals surface area contributed by atoms with Crippen molar-refractivity contribution < 1.29 is 14.7 Å². The summed E-state index contributed by atoms with van der Waals surface area (Å²) in [6.07, 6.45) is 1.30. The Morgan fingerprint density at radius 3 is 2.40 bits per heavy atom. The first kappa shape index (κ1) is 22.1. The van der Waals surface area contributed by atoms with Crippen molar-refractivity contribution in [2.75, 3.05) is 29.9 Å². The van der Waals surface area contributed by atoms with Crippen LogP contribution in [0.1, 0.15) is 17.3 Å². The minimum Gasteiger partial charge on any atom is -0.478 e. The highest BCUT2D eigenvalue weighted by Gasteiger charge is 2.29. The van der Waals surface area contributed by atoms with Crippen LogP contribution in [0, 0.1) is 0 Å². The quantitative estimate of drug-likeness (QED) is 0.699. The summed E-state index contributed by atoms with van der Waals surface area (Å²) in [6.45, 7) is 10.5. The lowest BCUT2D eigenvalue weighted by molar-refractivity contribution is 0.0696. The average molecular weight is 447 g/mol. The van der Waals surface area contributed by atoms with Gasteiger partial charge in [-0.3, -0.25) is 0 Å². The molecule has 7 nitrogen and oxygen atoms in total. The number of pyridine rings is 1. The Kier molecular flexibility index (Phi) is 6.38. The van der Waals surface area contributed by atoms with Crippen LogP contribution in [-0.4, -0.2) is 60.7 Å². The Labute approximate surface area is 182 Å². The molecule has 1 atom stereocenters. The van der Waals surface area contributed by atoms with Gasteiger partial charge >= 0.3 is 12.0 Å². The normalized spacial score (nSPS) is 17.0. The standard InChI is InChI=1S/C21H27ClN4O3Si/c1-14-13-25(19-18(22)11-15(12-23-19)20(27)28)9-10-26(14)21(29)24-16-5-7-17(8-6-16)30(2,3)4/h5-8,11-12,14H,9-10,13H2,1-4H3,(H,24,29)(H,27,28)/t14-/m1/s1. The number of nitrogens with zero attached hydrogens (tertiary/aromatic N) is 3. The van der Waals surface area contributed by atoms with Crippen LogP contribution in [0.5, 0.6) is 0 Å². The molecule has 1 aromatic heterocycles. The molecular weight excluding hydrogens is 420 g/mol. The van der Waals surface area contributed by atoms with Crippen molar-refractivity contribution in [1.29, 1.82) is 0 Å². The zero-order chi connectivity index (χ0) is 22.1. The molecule has 2 amide bonds. The largest absolute Gasteiger partial charge is 0.478 e. The Morgan fingerprint density at radius 2 is 1.87 bits per heavy atom. The van der Waals surface area contributed by atoms with Gasteiger partial charge in [-0.1, -0.05) is 48.6 Å². The van der Waals surface area contributed by atoms with E-state index < -0.39 is 14.0 Å². The van der Waals surface area contributed by atoms with Crippen LogP contribution in [-0.2, 0) is 0 Å². The zero-order valence-corrected chi connectivity index (χ0v) is 19.4. The minimum atomic E-state index is -1.37. The van der Waals surface area contributed by atoms with Crippen molar-refractivity contribution in [1.82, 2.24) is 9.88 Å². The van der Waals surface area contributed by atoms with Gasteiger partial charge in [0.2, 0.25) is 0 Å². The van der Waals surface area contributed by atoms with Crippen LogP contribution in [0.3, 0.4) is 0 Å². The molecule has 160 valence electrons. The molecule has 1 fully saturated rings. The van der Waals surface area contributed by atoms with E-state index in [9.17, 15) is 9.59 Å². The fourth-order valence-electron chi connectivity index (χ4n) is 3.48. The molecule has 1 aromatic carbocycles. The smallest absolute Gasteiger partial charge is 0.337 e. The Balaban J connectivity index is 1.64. The topological polar surface area (TPSA) is 85.8 Å². The monoisotopic (exact) mass is 446 g/mol. The number of benzene rings is 1. The summed E-state index contributed by atoms with van der Waals surface area (Å²) in [6, 6.07) is 9.32. The van der Waals surface area contributed by atoms with Crippen LogP contribution in [0.15, 0.2) is 36.5 Å². The second-order valence-electron chi connectivity index (χ2n) is 8.58. The Morgan fingerprint density at radius 1 is 1.20 bits per heavy atom. The van der Waals surface area contributed by atoms with E-state index in [1.54, 1.807) is 4.90 Å². The van der Waals surface area contributed by atoms with Gasteiger partial charge in [0, 0.05) is 37.6 Å². The molecule has 2 aromatic rings. The second kappa shape index (κ2) is 8.65. The second-order valence-corrected chi connectivity index (χ2v) is 14.1. The van der Waals surface area contributed by atoms with E-state index >= 15 is 0 Å². The SMILES string of the molecule is C[C@@H]1CN(c2ncc(C(=O)O)cc2Cl)CCN1C(=O)Nc1ccc([Si](C)(C)C)cc1. The number of hydrogen-bond acceptors (Lipinski definition) is 4. The molecule has 1 saturated heterocycles. The van der Waals surface area contributed by atoms with E-state index in [4.69, 9.17) is 16.7 Å². The molecule has 1 aliphatic heterocycles. The predicted octanol–water partition coefficient (Wildman–Crippen LogP) is 3.72. The van der Waals surface area contributed by atoms with Crippen LogP contribution in [0.2, 0.25) is 24.7 Å². The van der Waals surface area contributed by atoms with Gasteiger partial charge < -0.3 is 20.2 Å². The fraction of sp³-hybridized carbons (Fsp3) is 0.381.